The van der Waals surface area contributed by atoms with Gasteiger partial charge in [0.1, 0.15) is 6.23 Å². The Hall–Kier alpha value is -2.06. The first-order valence-corrected chi connectivity index (χ1v) is 7.71. The third-order valence-corrected chi connectivity index (χ3v) is 4.35. The number of fused-ring (bicyclic) bond motifs is 1. The molecule has 0 spiro atoms. The molecule has 0 aliphatic carbocycles. The molecule has 3 rings (SSSR count). The van der Waals surface area contributed by atoms with Crippen LogP contribution in [0.3, 0.4) is 0 Å². The number of para-hydroxylation sites is 1. The van der Waals surface area contributed by atoms with Crippen LogP contribution in [-0.4, -0.2) is 18.4 Å². The maximum atomic E-state index is 10.3. The van der Waals surface area contributed by atoms with Gasteiger partial charge < -0.3 is 10.0 Å². The Morgan fingerprint density at radius 3 is 2.23 bits per heavy atom. The van der Waals surface area contributed by atoms with Crippen molar-refractivity contribution in [1.29, 1.82) is 0 Å². The third kappa shape index (κ3) is 2.55. The van der Waals surface area contributed by atoms with Gasteiger partial charge in [0.05, 0.1) is 0 Å². The van der Waals surface area contributed by atoms with E-state index in [0.29, 0.717) is 0 Å². The van der Waals surface area contributed by atoms with E-state index >= 15 is 0 Å². The van der Waals surface area contributed by atoms with Crippen LogP contribution in [0.4, 0.5) is 5.69 Å². The molecule has 1 unspecified atom stereocenters. The maximum absolute atomic E-state index is 10.3. The van der Waals surface area contributed by atoms with Crippen LogP contribution in [0.5, 0.6) is 0 Å². The number of hydrogen-bond donors (Lipinski definition) is 1. The average Bonchev–Trinajstić information content (AvgIpc) is 2.50. The molecule has 1 N–H and O–H groups in total. The summed E-state index contributed by atoms with van der Waals surface area (Å²) in [6.07, 6.45) is 1.33. The highest BCUT2D eigenvalue weighted by molar-refractivity contribution is 5.89. The summed E-state index contributed by atoms with van der Waals surface area (Å²) in [7, 11) is 1.92. The first kappa shape index (κ1) is 14.9. The molecule has 114 valence electrons. The molecule has 0 bridgehead atoms. The Labute approximate surface area is 132 Å². The minimum atomic E-state index is -0.591. The van der Waals surface area contributed by atoms with Gasteiger partial charge >= 0.3 is 0 Å². The lowest BCUT2D eigenvalue weighted by molar-refractivity contribution is 0.222. The molecule has 2 heteroatoms. The number of aliphatic hydroxyl groups excluding tert-OH is 1. The van der Waals surface area contributed by atoms with Crippen LogP contribution in [0.1, 0.15) is 37.5 Å². The lowest BCUT2D eigenvalue weighted by atomic mass is 9.85. The van der Waals surface area contributed by atoms with Gasteiger partial charge in [0, 0.05) is 18.3 Å². The van der Waals surface area contributed by atoms with Crippen LogP contribution in [0.25, 0.3) is 5.57 Å². The van der Waals surface area contributed by atoms with Crippen LogP contribution < -0.4 is 4.90 Å². The summed E-state index contributed by atoms with van der Waals surface area (Å²) in [6, 6.07) is 16.9. The fraction of sp³-hybridized carbons (Fsp3) is 0.300. The smallest absolute Gasteiger partial charge is 0.146 e. The summed E-state index contributed by atoms with van der Waals surface area (Å²) in [5.41, 5.74) is 5.94. The van der Waals surface area contributed by atoms with Gasteiger partial charge in [-0.3, -0.25) is 0 Å². The molecule has 0 saturated heterocycles. The van der Waals surface area contributed by atoms with Crippen molar-refractivity contribution in [1.82, 2.24) is 0 Å². The first-order chi connectivity index (χ1) is 10.4. The van der Waals surface area contributed by atoms with Gasteiger partial charge in [0.2, 0.25) is 0 Å². The Kier molecular flexibility index (Phi) is 3.57. The minimum absolute atomic E-state index is 0.150. The molecule has 0 radical (unpaired) electrons. The highest BCUT2D eigenvalue weighted by Gasteiger charge is 2.23. The standard InChI is InChI=1S/C20H23NO/c1-20(2,3)15-11-9-14(10-12-15)17-13-19(22)21(4)18-8-6-5-7-16(17)18/h5-13,19,22H,1-4H3. The zero-order valence-corrected chi connectivity index (χ0v) is 13.7. The lowest BCUT2D eigenvalue weighted by Crippen LogP contribution is -2.33. The van der Waals surface area contributed by atoms with E-state index in [1.165, 1.54) is 11.1 Å². The summed E-state index contributed by atoms with van der Waals surface area (Å²) in [5.74, 6) is 0. The second-order valence-corrected chi connectivity index (χ2v) is 6.95. The summed E-state index contributed by atoms with van der Waals surface area (Å²) >= 11 is 0. The molecule has 0 saturated carbocycles. The zero-order valence-electron chi connectivity index (χ0n) is 13.7. The van der Waals surface area contributed by atoms with Crippen LogP contribution in [-0.2, 0) is 5.41 Å². The second kappa shape index (κ2) is 5.29. The quantitative estimate of drug-likeness (QED) is 0.852. The summed E-state index contributed by atoms with van der Waals surface area (Å²) in [6.45, 7) is 6.65. The van der Waals surface area contributed by atoms with E-state index in [0.717, 1.165) is 16.8 Å². The van der Waals surface area contributed by atoms with Crippen LogP contribution >= 0.6 is 0 Å². The van der Waals surface area contributed by atoms with Crippen LogP contribution in [0.2, 0.25) is 0 Å². The number of hydrogen-bond acceptors (Lipinski definition) is 2. The van der Waals surface area contributed by atoms with Gasteiger partial charge in [0.15, 0.2) is 0 Å². The zero-order chi connectivity index (χ0) is 15.9. The van der Waals surface area contributed by atoms with Crippen molar-refractivity contribution >= 4 is 11.3 Å². The summed E-state index contributed by atoms with van der Waals surface area (Å²) in [4.78, 5) is 1.89. The van der Waals surface area contributed by atoms with E-state index in [2.05, 4.69) is 57.2 Å². The van der Waals surface area contributed by atoms with E-state index < -0.39 is 6.23 Å². The van der Waals surface area contributed by atoms with Gasteiger partial charge in [-0.05, 0) is 34.3 Å². The van der Waals surface area contributed by atoms with E-state index in [-0.39, 0.29) is 5.41 Å². The van der Waals surface area contributed by atoms with Crippen molar-refractivity contribution in [2.24, 2.45) is 0 Å². The normalized spacial score (nSPS) is 18.0. The van der Waals surface area contributed by atoms with Crippen molar-refractivity contribution < 1.29 is 5.11 Å². The molecule has 2 nitrogen and oxygen atoms in total. The number of benzene rings is 2. The number of nitrogens with zero attached hydrogens (tertiary/aromatic N) is 1. The van der Waals surface area contributed by atoms with Crippen LogP contribution in [0.15, 0.2) is 54.6 Å². The van der Waals surface area contributed by atoms with Crippen molar-refractivity contribution in [3.63, 3.8) is 0 Å². The van der Waals surface area contributed by atoms with E-state index in [4.69, 9.17) is 0 Å². The summed E-state index contributed by atoms with van der Waals surface area (Å²) < 4.78 is 0. The predicted octanol–water partition coefficient (Wildman–Crippen LogP) is 4.18. The molecule has 0 aromatic heterocycles. The Morgan fingerprint density at radius 2 is 1.59 bits per heavy atom. The lowest BCUT2D eigenvalue weighted by Gasteiger charge is -2.32. The van der Waals surface area contributed by atoms with Crippen molar-refractivity contribution in [3.8, 4) is 0 Å². The number of likely N-dealkylation sites (N-methyl/N-ethyl adjacent to an activating group) is 1. The number of anilines is 1. The Bertz CT molecular complexity index is 707. The molecule has 1 aliphatic heterocycles. The molecule has 0 amide bonds. The highest BCUT2D eigenvalue weighted by Crippen LogP contribution is 2.36. The van der Waals surface area contributed by atoms with E-state index in [9.17, 15) is 5.11 Å². The number of rotatable bonds is 1. The van der Waals surface area contributed by atoms with Gasteiger partial charge in [-0.2, -0.15) is 0 Å². The molecule has 2 aromatic carbocycles. The van der Waals surface area contributed by atoms with Gasteiger partial charge in [0.25, 0.3) is 0 Å². The first-order valence-electron chi connectivity index (χ1n) is 7.71. The van der Waals surface area contributed by atoms with Gasteiger partial charge in [-0.15, -0.1) is 0 Å². The average molecular weight is 293 g/mol. The second-order valence-electron chi connectivity index (χ2n) is 6.95. The van der Waals surface area contributed by atoms with Crippen molar-refractivity contribution in [3.05, 3.63) is 71.3 Å². The van der Waals surface area contributed by atoms with E-state index in [1.54, 1.807) is 0 Å². The Balaban J connectivity index is 2.06. The largest absolute Gasteiger partial charge is 0.370 e. The highest BCUT2D eigenvalue weighted by atomic mass is 16.3. The molecule has 0 fully saturated rings. The van der Waals surface area contributed by atoms with Crippen molar-refractivity contribution in [2.75, 3.05) is 11.9 Å². The summed E-state index contributed by atoms with van der Waals surface area (Å²) in [5, 5.41) is 10.3. The minimum Gasteiger partial charge on any atom is -0.370 e. The monoisotopic (exact) mass is 293 g/mol. The molecular formula is C20H23NO. The SMILES string of the molecule is CN1c2ccccc2C(c2ccc(C(C)(C)C)cc2)=CC1O. The molecule has 1 aliphatic rings. The predicted molar refractivity (Wildman–Crippen MR) is 93.1 cm³/mol. The topological polar surface area (TPSA) is 23.5 Å². The fourth-order valence-corrected chi connectivity index (χ4v) is 2.90. The molecule has 22 heavy (non-hydrogen) atoms. The fourth-order valence-electron chi connectivity index (χ4n) is 2.90. The molecular weight excluding hydrogens is 270 g/mol. The van der Waals surface area contributed by atoms with Gasteiger partial charge in [-0.1, -0.05) is 63.2 Å². The molecule has 1 heterocycles. The van der Waals surface area contributed by atoms with E-state index in [1.807, 2.05) is 30.2 Å². The molecule has 1 atom stereocenters. The van der Waals surface area contributed by atoms with Crippen LogP contribution in [0, 0.1) is 0 Å². The van der Waals surface area contributed by atoms with Gasteiger partial charge in [-0.25, -0.2) is 0 Å². The number of aliphatic hydroxyl groups is 1. The third-order valence-electron chi connectivity index (χ3n) is 4.35. The van der Waals surface area contributed by atoms with Crippen molar-refractivity contribution in [2.45, 2.75) is 32.4 Å². The molecule has 2 aromatic rings. The maximum Gasteiger partial charge on any atom is 0.146 e. The Morgan fingerprint density at radius 1 is 0.955 bits per heavy atom.